The first kappa shape index (κ1) is 21.9. The third-order valence-electron chi connectivity index (χ3n) is 6.00. The Morgan fingerprint density at radius 2 is 1.71 bits per heavy atom. The van der Waals surface area contributed by atoms with Crippen LogP contribution in [0.5, 0.6) is 5.75 Å². The number of ether oxygens (including phenoxy) is 1. The van der Waals surface area contributed by atoms with Crippen molar-refractivity contribution in [2.45, 2.75) is 31.8 Å². The Balaban J connectivity index is 1.53. The van der Waals surface area contributed by atoms with Crippen LogP contribution in [0.4, 0.5) is 5.82 Å². The van der Waals surface area contributed by atoms with Crippen LogP contribution in [0.1, 0.15) is 24.8 Å². The molecule has 34 heavy (non-hydrogen) atoms. The Labute approximate surface area is 199 Å². The monoisotopic (exact) mass is 452 g/mol. The number of benzene rings is 3. The zero-order chi connectivity index (χ0) is 23.3. The van der Waals surface area contributed by atoms with E-state index in [1.165, 1.54) is 5.56 Å². The number of methoxy groups -OCH3 is 1. The zero-order valence-corrected chi connectivity index (χ0v) is 19.3. The maximum absolute atomic E-state index is 12.5. The van der Waals surface area contributed by atoms with Gasteiger partial charge in [-0.1, -0.05) is 42.5 Å². The van der Waals surface area contributed by atoms with E-state index >= 15 is 0 Å². The van der Waals surface area contributed by atoms with Gasteiger partial charge in [0.15, 0.2) is 5.82 Å². The van der Waals surface area contributed by atoms with Gasteiger partial charge >= 0.3 is 0 Å². The predicted octanol–water partition coefficient (Wildman–Crippen LogP) is 4.98. The largest absolute Gasteiger partial charge is 0.497 e. The zero-order valence-electron chi connectivity index (χ0n) is 19.3. The second-order valence-corrected chi connectivity index (χ2v) is 8.62. The third kappa shape index (κ3) is 5.17. The van der Waals surface area contributed by atoms with E-state index in [9.17, 15) is 4.79 Å². The molecule has 3 aromatic carbocycles. The summed E-state index contributed by atoms with van der Waals surface area (Å²) in [6.45, 7) is 1.22. The molecule has 1 N–H and O–H groups in total. The van der Waals surface area contributed by atoms with Crippen molar-refractivity contribution in [2.24, 2.45) is 0 Å². The van der Waals surface area contributed by atoms with Crippen LogP contribution >= 0.6 is 0 Å². The molecule has 0 saturated heterocycles. The first-order valence-corrected chi connectivity index (χ1v) is 11.7. The average molecular weight is 453 g/mol. The SMILES string of the molecule is COc1ccc(-c2nc(N(CCC(=O)NC3CC3)Cc3ccccc3)c3ccccc3n2)cc1. The van der Waals surface area contributed by atoms with Gasteiger partial charge in [0.1, 0.15) is 11.6 Å². The van der Waals surface area contributed by atoms with Gasteiger partial charge in [0.05, 0.1) is 12.6 Å². The second-order valence-electron chi connectivity index (χ2n) is 8.62. The minimum atomic E-state index is 0.0919. The van der Waals surface area contributed by atoms with E-state index in [0.29, 0.717) is 31.4 Å². The highest BCUT2D eigenvalue weighted by Gasteiger charge is 2.24. The van der Waals surface area contributed by atoms with Crippen LogP contribution in [-0.4, -0.2) is 35.6 Å². The van der Waals surface area contributed by atoms with Gasteiger partial charge in [0, 0.05) is 36.5 Å². The Kier molecular flexibility index (Phi) is 6.38. The molecule has 1 fully saturated rings. The van der Waals surface area contributed by atoms with E-state index in [4.69, 9.17) is 14.7 Å². The molecule has 0 radical (unpaired) electrons. The molecule has 1 aromatic heterocycles. The van der Waals surface area contributed by atoms with Gasteiger partial charge in [-0.15, -0.1) is 0 Å². The molecule has 1 aliphatic carbocycles. The van der Waals surface area contributed by atoms with Crippen LogP contribution < -0.4 is 15.0 Å². The van der Waals surface area contributed by atoms with Crippen molar-refractivity contribution < 1.29 is 9.53 Å². The summed E-state index contributed by atoms with van der Waals surface area (Å²) in [4.78, 5) is 24.6. The predicted molar refractivity (Wildman–Crippen MR) is 135 cm³/mol. The lowest BCUT2D eigenvalue weighted by Gasteiger charge is -2.25. The molecule has 6 nitrogen and oxygen atoms in total. The molecule has 1 aliphatic rings. The topological polar surface area (TPSA) is 67.3 Å². The molecule has 1 amide bonds. The van der Waals surface area contributed by atoms with Crippen LogP contribution in [0.15, 0.2) is 78.9 Å². The Hall–Kier alpha value is -3.93. The number of hydrogen-bond donors (Lipinski definition) is 1. The van der Waals surface area contributed by atoms with E-state index in [1.807, 2.05) is 66.7 Å². The number of amides is 1. The Morgan fingerprint density at radius 3 is 2.44 bits per heavy atom. The molecule has 172 valence electrons. The molecular weight excluding hydrogens is 424 g/mol. The highest BCUT2D eigenvalue weighted by Crippen LogP contribution is 2.29. The summed E-state index contributed by atoms with van der Waals surface area (Å²) in [6, 6.07) is 26.5. The first-order chi connectivity index (χ1) is 16.7. The number of rotatable bonds is 9. The lowest BCUT2D eigenvalue weighted by molar-refractivity contribution is -0.121. The quantitative estimate of drug-likeness (QED) is 0.388. The average Bonchev–Trinajstić information content (AvgIpc) is 3.70. The summed E-state index contributed by atoms with van der Waals surface area (Å²) in [5.41, 5.74) is 2.96. The van der Waals surface area contributed by atoms with Gasteiger partial charge in [-0.3, -0.25) is 4.79 Å². The van der Waals surface area contributed by atoms with Crippen molar-refractivity contribution in [1.82, 2.24) is 15.3 Å². The lowest BCUT2D eigenvalue weighted by atomic mass is 10.1. The molecule has 0 aliphatic heterocycles. The molecule has 0 atom stereocenters. The number of aromatic nitrogens is 2. The molecule has 0 unspecified atom stereocenters. The summed E-state index contributed by atoms with van der Waals surface area (Å²) in [5.74, 6) is 2.36. The molecule has 6 heteroatoms. The van der Waals surface area contributed by atoms with E-state index in [1.54, 1.807) is 7.11 Å². The summed E-state index contributed by atoms with van der Waals surface area (Å²) in [5, 5.41) is 4.07. The number of hydrogen-bond acceptors (Lipinski definition) is 5. The van der Waals surface area contributed by atoms with Gasteiger partial charge in [0.25, 0.3) is 0 Å². The Bertz CT molecular complexity index is 1270. The smallest absolute Gasteiger partial charge is 0.221 e. The van der Waals surface area contributed by atoms with Crippen molar-refractivity contribution in [2.75, 3.05) is 18.6 Å². The van der Waals surface area contributed by atoms with Crippen LogP contribution in [-0.2, 0) is 11.3 Å². The van der Waals surface area contributed by atoms with Crippen LogP contribution in [0.2, 0.25) is 0 Å². The summed E-state index contributed by atoms with van der Waals surface area (Å²) >= 11 is 0. The highest BCUT2D eigenvalue weighted by atomic mass is 16.5. The minimum Gasteiger partial charge on any atom is -0.497 e. The fraction of sp³-hybridized carbons (Fsp3) is 0.250. The summed E-state index contributed by atoms with van der Waals surface area (Å²) in [7, 11) is 1.65. The van der Waals surface area contributed by atoms with Crippen LogP contribution in [0, 0.1) is 0 Å². The maximum Gasteiger partial charge on any atom is 0.221 e. The number of nitrogens with one attached hydrogen (secondary N) is 1. The third-order valence-corrected chi connectivity index (χ3v) is 6.00. The van der Waals surface area contributed by atoms with Crippen molar-refractivity contribution >= 4 is 22.6 Å². The molecular formula is C28H28N4O2. The molecule has 5 rings (SSSR count). The van der Waals surface area contributed by atoms with Crippen LogP contribution in [0.3, 0.4) is 0 Å². The van der Waals surface area contributed by atoms with Gasteiger partial charge in [-0.2, -0.15) is 0 Å². The lowest BCUT2D eigenvalue weighted by Crippen LogP contribution is -2.32. The molecule has 0 spiro atoms. The van der Waals surface area contributed by atoms with E-state index in [2.05, 4.69) is 22.3 Å². The number of carbonyl (C=O) groups is 1. The van der Waals surface area contributed by atoms with E-state index in [-0.39, 0.29) is 5.91 Å². The summed E-state index contributed by atoms with van der Waals surface area (Å²) < 4.78 is 5.30. The first-order valence-electron chi connectivity index (χ1n) is 11.7. The fourth-order valence-corrected chi connectivity index (χ4v) is 4.00. The number of para-hydroxylation sites is 1. The highest BCUT2D eigenvalue weighted by molar-refractivity contribution is 5.91. The van der Waals surface area contributed by atoms with Crippen molar-refractivity contribution in [3.63, 3.8) is 0 Å². The minimum absolute atomic E-state index is 0.0919. The van der Waals surface area contributed by atoms with Gasteiger partial charge < -0.3 is 15.0 Å². The maximum atomic E-state index is 12.5. The number of carbonyl (C=O) groups excluding carboxylic acids is 1. The number of nitrogens with zero attached hydrogens (tertiary/aromatic N) is 3. The fourth-order valence-electron chi connectivity index (χ4n) is 4.00. The number of fused-ring (bicyclic) bond motifs is 1. The van der Waals surface area contributed by atoms with Crippen molar-refractivity contribution in [1.29, 1.82) is 0 Å². The van der Waals surface area contributed by atoms with Gasteiger partial charge in [-0.25, -0.2) is 9.97 Å². The van der Waals surface area contributed by atoms with Gasteiger partial charge in [0.2, 0.25) is 5.91 Å². The number of anilines is 1. The molecule has 1 saturated carbocycles. The Morgan fingerprint density at radius 1 is 0.971 bits per heavy atom. The summed E-state index contributed by atoms with van der Waals surface area (Å²) in [6.07, 6.45) is 2.59. The molecule has 4 aromatic rings. The van der Waals surface area contributed by atoms with Crippen molar-refractivity contribution in [3.8, 4) is 17.1 Å². The van der Waals surface area contributed by atoms with Crippen LogP contribution in [0.25, 0.3) is 22.3 Å². The normalized spacial score (nSPS) is 13.0. The molecule has 1 heterocycles. The van der Waals surface area contributed by atoms with Crippen molar-refractivity contribution in [3.05, 3.63) is 84.4 Å². The van der Waals surface area contributed by atoms with E-state index < -0.39 is 0 Å². The molecule has 0 bridgehead atoms. The second kappa shape index (κ2) is 9.91. The van der Waals surface area contributed by atoms with Gasteiger partial charge in [-0.05, 0) is 54.8 Å². The van der Waals surface area contributed by atoms with E-state index in [0.717, 1.165) is 40.9 Å². The standard InChI is InChI=1S/C28H28N4O2/c1-34-23-15-11-21(12-16-23)27-30-25-10-6-5-9-24(25)28(31-27)32(19-20-7-3-2-4-8-20)18-17-26(33)29-22-13-14-22/h2-12,15-16,22H,13-14,17-19H2,1H3,(H,29,33).